The minimum atomic E-state index is -1.02. The van der Waals surface area contributed by atoms with Gasteiger partial charge in [-0.1, -0.05) is 5.21 Å². The molecule has 0 saturated carbocycles. The third-order valence-electron chi connectivity index (χ3n) is 2.98. The summed E-state index contributed by atoms with van der Waals surface area (Å²) in [5.74, 6) is -0.299. The van der Waals surface area contributed by atoms with Crippen molar-refractivity contribution in [3.63, 3.8) is 0 Å². The Bertz CT molecular complexity index is 357. The zero-order valence-electron chi connectivity index (χ0n) is 9.09. The van der Waals surface area contributed by atoms with Crippen molar-refractivity contribution in [1.29, 1.82) is 0 Å². The van der Waals surface area contributed by atoms with Gasteiger partial charge >= 0.3 is 5.97 Å². The summed E-state index contributed by atoms with van der Waals surface area (Å²) < 4.78 is 1.62. The van der Waals surface area contributed by atoms with Crippen LogP contribution in [0, 0.1) is 5.92 Å². The highest BCUT2D eigenvalue weighted by molar-refractivity contribution is 5.84. The summed E-state index contributed by atoms with van der Waals surface area (Å²) in [6.07, 6.45) is 4.93. The molecule has 2 rings (SSSR count). The molecule has 6 heteroatoms. The molecule has 1 aliphatic rings. The molecule has 6 nitrogen and oxygen atoms in total. The summed E-state index contributed by atoms with van der Waals surface area (Å²) >= 11 is 0. The maximum absolute atomic E-state index is 10.6. The number of aryl methyl sites for hydroxylation is 1. The number of carboxylic acids is 1. The normalized spacial score (nSPS) is 17.5. The highest BCUT2D eigenvalue weighted by Gasteiger charge is 2.14. The van der Waals surface area contributed by atoms with Crippen LogP contribution >= 0.6 is 0 Å². The standard InChI is InChI=1S/C10H16N4O2/c15-10(16)9-7-14(13-12-9)6-3-8-1-4-11-5-2-8/h7-8,11H,1-6H2,(H,15,16). The van der Waals surface area contributed by atoms with Crippen molar-refractivity contribution in [2.45, 2.75) is 25.8 Å². The summed E-state index contributed by atoms with van der Waals surface area (Å²) in [6, 6.07) is 0. The van der Waals surface area contributed by atoms with Crippen LogP contribution in [-0.2, 0) is 6.54 Å². The fraction of sp³-hybridized carbons (Fsp3) is 0.700. The molecule has 1 fully saturated rings. The average Bonchev–Trinajstić information content (AvgIpc) is 2.76. The van der Waals surface area contributed by atoms with Crippen molar-refractivity contribution in [3.8, 4) is 0 Å². The van der Waals surface area contributed by atoms with E-state index in [0.29, 0.717) is 0 Å². The van der Waals surface area contributed by atoms with E-state index < -0.39 is 5.97 Å². The molecule has 1 aromatic rings. The average molecular weight is 224 g/mol. The van der Waals surface area contributed by atoms with Crippen LogP contribution in [0.25, 0.3) is 0 Å². The number of carbonyl (C=O) groups is 1. The third kappa shape index (κ3) is 2.79. The van der Waals surface area contributed by atoms with Gasteiger partial charge in [-0.2, -0.15) is 0 Å². The highest BCUT2D eigenvalue weighted by atomic mass is 16.4. The zero-order chi connectivity index (χ0) is 11.4. The summed E-state index contributed by atoms with van der Waals surface area (Å²) in [5, 5.41) is 19.4. The van der Waals surface area contributed by atoms with Gasteiger partial charge in [-0.05, 0) is 38.3 Å². The molecule has 1 saturated heterocycles. The molecule has 2 N–H and O–H groups in total. The van der Waals surface area contributed by atoms with Gasteiger partial charge in [-0.15, -0.1) is 5.10 Å². The van der Waals surface area contributed by atoms with Crippen molar-refractivity contribution in [2.24, 2.45) is 5.92 Å². The van der Waals surface area contributed by atoms with Gasteiger partial charge < -0.3 is 10.4 Å². The number of nitrogens with zero attached hydrogens (tertiary/aromatic N) is 3. The van der Waals surface area contributed by atoms with Gasteiger partial charge in [-0.25, -0.2) is 4.79 Å². The molecule has 16 heavy (non-hydrogen) atoms. The Morgan fingerprint density at radius 3 is 2.94 bits per heavy atom. The number of aromatic nitrogens is 3. The first-order chi connectivity index (χ1) is 7.75. The molecule has 0 amide bonds. The Morgan fingerprint density at radius 1 is 1.56 bits per heavy atom. The van der Waals surface area contributed by atoms with Gasteiger partial charge in [0.05, 0.1) is 6.20 Å². The number of aromatic carboxylic acids is 1. The van der Waals surface area contributed by atoms with Crippen LogP contribution in [0.2, 0.25) is 0 Å². The van der Waals surface area contributed by atoms with Gasteiger partial charge in [0.1, 0.15) is 0 Å². The van der Waals surface area contributed by atoms with E-state index in [2.05, 4.69) is 15.6 Å². The van der Waals surface area contributed by atoms with Crippen LogP contribution in [-0.4, -0.2) is 39.2 Å². The summed E-state index contributed by atoms with van der Waals surface area (Å²) in [5.41, 5.74) is 0.0188. The van der Waals surface area contributed by atoms with Gasteiger partial charge in [-0.3, -0.25) is 4.68 Å². The summed E-state index contributed by atoms with van der Waals surface area (Å²) in [6.45, 7) is 2.93. The second-order valence-corrected chi connectivity index (χ2v) is 4.15. The van der Waals surface area contributed by atoms with Crippen LogP contribution < -0.4 is 5.32 Å². The smallest absolute Gasteiger partial charge is 0.358 e. The lowest BCUT2D eigenvalue weighted by atomic mass is 9.95. The zero-order valence-corrected chi connectivity index (χ0v) is 9.09. The molecule has 1 aromatic heterocycles. The van der Waals surface area contributed by atoms with E-state index in [9.17, 15) is 4.79 Å². The first kappa shape index (κ1) is 11.1. The SMILES string of the molecule is O=C(O)c1cn(CCC2CCNCC2)nn1. The van der Waals surface area contributed by atoms with E-state index in [1.165, 1.54) is 19.0 Å². The molecule has 0 aromatic carbocycles. The molecule has 2 heterocycles. The lowest BCUT2D eigenvalue weighted by Crippen LogP contribution is -2.28. The molecule has 0 atom stereocenters. The van der Waals surface area contributed by atoms with Crippen LogP contribution in [0.1, 0.15) is 29.8 Å². The molecule has 0 aliphatic carbocycles. The lowest BCUT2D eigenvalue weighted by molar-refractivity contribution is 0.0690. The van der Waals surface area contributed by atoms with Crippen molar-refractivity contribution in [1.82, 2.24) is 20.3 Å². The predicted molar refractivity (Wildman–Crippen MR) is 57.2 cm³/mol. The van der Waals surface area contributed by atoms with Gasteiger partial charge in [0.15, 0.2) is 5.69 Å². The fourth-order valence-electron chi connectivity index (χ4n) is 1.99. The summed E-state index contributed by atoms with van der Waals surface area (Å²) in [7, 11) is 0. The number of hydrogen-bond acceptors (Lipinski definition) is 4. The molecule has 0 spiro atoms. The molecule has 0 unspecified atom stereocenters. The Balaban J connectivity index is 1.81. The Labute approximate surface area is 93.6 Å². The number of rotatable bonds is 4. The summed E-state index contributed by atoms with van der Waals surface area (Å²) in [4.78, 5) is 10.6. The molecular weight excluding hydrogens is 208 g/mol. The van der Waals surface area contributed by atoms with Crippen LogP contribution in [0.15, 0.2) is 6.20 Å². The Kier molecular flexibility index (Phi) is 3.51. The second-order valence-electron chi connectivity index (χ2n) is 4.15. The van der Waals surface area contributed by atoms with E-state index in [4.69, 9.17) is 5.11 Å². The van der Waals surface area contributed by atoms with E-state index in [-0.39, 0.29) is 5.69 Å². The Morgan fingerprint density at radius 2 is 2.31 bits per heavy atom. The minimum Gasteiger partial charge on any atom is -0.476 e. The van der Waals surface area contributed by atoms with Crippen molar-refractivity contribution < 1.29 is 9.90 Å². The molecular formula is C10H16N4O2. The molecule has 1 aliphatic heterocycles. The minimum absolute atomic E-state index is 0.0188. The maximum atomic E-state index is 10.6. The fourth-order valence-corrected chi connectivity index (χ4v) is 1.99. The number of carboxylic acid groups (broad SMARTS) is 1. The molecule has 88 valence electrons. The van der Waals surface area contributed by atoms with E-state index in [1.807, 2.05) is 0 Å². The number of hydrogen-bond donors (Lipinski definition) is 2. The predicted octanol–water partition coefficient (Wildman–Crippen LogP) is 0.366. The second kappa shape index (κ2) is 5.07. The van der Waals surface area contributed by atoms with Gasteiger partial charge in [0, 0.05) is 6.54 Å². The lowest BCUT2D eigenvalue weighted by Gasteiger charge is -2.22. The third-order valence-corrected chi connectivity index (χ3v) is 2.98. The van der Waals surface area contributed by atoms with Crippen LogP contribution in [0.3, 0.4) is 0 Å². The maximum Gasteiger partial charge on any atom is 0.358 e. The van der Waals surface area contributed by atoms with E-state index in [1.54, 1.807) is 4.68 Å². The first-order valence-electron chi connectivity index (χ1n) is 5.60. The largest absolute Gasteiger partial charge is 0.476 e. The topological polar surface area (TPSA) is 80.0 Å². The van der Waals surface area contributed by atoms with E-state index in [0.717, 1.165) is 32.0 Å². The quantitative estimate of drug-likeness (QED) is 0.772. The highest BCUT2D eigenvalue weighted by Crippen LogP contribution is 2.16. The van der Waals surface area contributed by atoms with Gasteiger partial charge in [0.2, 0.25) is 0 Å². The first-order valence-corrected chi connectivity index (χ1v) is 5.60. The van der Waals surface area contributed by atoms with Crippen molar-refractivity contribution in [2.75, 3.05) is 13.1 Å². The van der Waals surface area contributed by atoms with Crippen molar-refractivity contribution in [3.05, 3.63) is 11.9 Å². The molecule has 0 bridgehead atoms. The molecule has 0 radical (unpaired) electrons. The number of nitrogens with one attached hydrogen (secondary N) is 1. The van der Waals surface area contributed by atoms with E-state index >= 15 is 0 Å². The Hall–Kier alpha value is -1.43. The monoisotopic (exact) mass is 224 g/mol. The van der Waals surface area contributed by atoms with Gasteiger partial charge in [0.25, 0.3) is 0 Å². The number of piperidine rings is 1. The van der Waals surface area contributed by atoms with Crippen LogP contribution in [0.5, 0.6) is 0 Å². The van der Waals surface area contributed by atoms with Crippen molar-refractivity contribution >= 4 is 5.97 Å². The van der Waals surface area contributed by atoms with Crippen LogP contribution in [0.4, 0.5) is 0 Å².